The quantitative estimate of drug-likeness (QED) is 0.411. The number of hydrogen-bond donors (Lipinski definition) is 1. The largest absolute Gasteiger partial charge is 0.378 e. The molecule has 0 radical (unpaired) electrons. The van der Waals surface area contributed by atoms with Gasteiger partial charge in [-0.1, -0.05) is 18.2 Å². The Balaban J connectivity index is 1.47. The summed E-state index contributed by atoms with van der Waals surface area (Å²) < 4.78 is 8.41. The van der Waals surface area contributed by atoms with Crippen LogP contribution in [0.5, 0.6) is 0 Å². The highest BCUT2D eigenvalue weighted by atomic mass is 32.1. The summed E-state index contributed by atoms with van der Waals surface area (Å²) in [5, 5.41) is 3.35. The number of para-hydroxylation sites is 1. The molecule has 0 spiro atoms. The lowest BCUT2D eigenvalue weighted by molar-refractivity contribution is 0.0954. The number of nitrogens with zero attached hydrogens (tertiary/aromatic N) is 4. The van der Waals surface area contributed by atoms with Gasteiger partial charge in [-0.2, -0.15) is 0 Å². The van der Waals surface area contributed by atoms with E-state index in [1.807, 2.05) is 52.9 Å². The van der Waals surface area contributed by atoms with Gasteiger partial charge in [0.05, 0.1) is 28.8 Å². The zero-order valence-electron chi connectivity index (χ0n) is 18.9. The van der Waals surface area contributed by atoms with E-state index in [1.54, 1.807) is 12.3 Å². The zero-order valence-corrected chi connectivity index (χ0v) is 19.8. The summed E-state index contributed by atoms with van der Waals surface area (Å²) in [6.07, 6.45) is 2.31. The molecule has 35 heavy (non-hydrogen) atoms. The molecule has 0 atom stereocenters. The molecular weight excluding hydrogens is 462 g/mol. The van der Waals surface area contributed by atoms with Crippen molar-refractivity contribution in [1.82, 2.24) is 19.7 Å². The van der Waals surface area contributed by atoms with E-state index in [-0.39, 0.29) is 16.9 Å². The average molecular weight is 486 g/mol. The fourth-order valence-corrected chi connectivity index (χ4v) is 5.67. The maximum absolute atomic E-state index is 13.6. The summed E-state index contributed by atoms with van der Waals surface area (Å²) in [7, 11) is 0. The van der Waals surface area contributed by atoms with Gasteiger partial charge in [-0.3, -0.25) is 19.0 Å². The number of nitrogens with one attached hydrogen (secondary N) is 1. The maximum atomic E-state index is 13.6. The molecule has 5 aromatic rings. The van der Waals surface area contributed by atoms with Gasteiger partial charge in [0, 0.05) is 37.9 Å². The molecule has 1 aliphatic heterocycles. The first-order valence-electron chi connectivity index (χ1n) is 11.6. The summed E-state index contributed by atoms with van der Waals surface area (Å²) in [6, 6.07) is 17.2. The third kappa shape index (κ3) is 3.92. The number of hydrogen-bond acceptors (Lipinski definition) is 7. The first kappa shape index (κ1) is 21.7. The van der Waals surface area contributed by atoms with E-state index < -0.39 is 0 Å². The second-order valence-electron chi connectivity index (χ2n) is 8.38. The van der Waals surface area contributed by atoms with Crippen LogP contribution in [0.2, 0.25) is 0 Å². The van der Waals surface area contributed by atoms with Gasteiger partial charge in [0.15, 0.2) is 5.65 Å². The number of fused-ring (bicyclic) bond motifs is 5. The van der Waals surface area contributed by atoms with Crippen molar-refractivity contribution < 1.29 is 9.53 Å². The van der Waals surface area contributed by atoms with Crippen LogP contribution < -0.4 is 15.6 Å². The summed E-state index contributed by atoms with van der Waals surface area (Å²) >= 11 is 1.43. The van der Waals surface area contributed by atoms with Gasteiger partial charge in [-0.05, 0) is 36.4 Å². The Kier molecular flexibility index (Phi) is 5.63. The Morgan fingerprint density at radius 3 is 2.71 bits per heavy atom. The second kappa shape index (κ2) is 9.09. The van der Waals surface area contributed by atoms with Crippen molar-refractivity contribution >= 4 is 49.1 Å². The van der Waals surface area contributed by atoms with Crippen LogP contribution in [0.1, 0.15) is 16.1 Å². The average Bonchev–Trinajstić information content (AvgIpc) is 3.29. The number of thiazole rings is 1. The van der Waals surface area contributed by atoms with Crippen LogP contribution in [0.15, 0.2) is 65.6 Å². The standard InChI is InChI=1S/C26H23N5O3S/c32-23-18-8-9-21(30-13-15-34-16-14-30)29-24(18)31-19-6-1-2-7-20(19)35-26(31)22(23)25(33)28-12-10-17-5-3-4-11-27-17/h1-9,11H,10,12-16H2,(H,28,33). The molecule has 1 aliphatic rings. The summed E-state index contributed by atoms with van der Waals surface area (Å²) in [6.45, 7) is 3.18. The fraction of sp³-hybridized carbons (Fsp3) is 0.231. The molecule has 1 aromatic carbocycles. The van der Waals surface area contributed by atoms with E-state index in [4.69, 9.17) is 9.72 Å². The molecule has 5 heterocycles. The number of morpholine rings is 1. The van der Waals surface area contributed by atoms with E-state index in [1.165, 1.54) is 11.3 Å². The molecule has 1 fully saturated rings. The smallest absolute Gasteiger partial charge is 0.258 e. The second-order valence-corrected chi connectivity index (χ2v) is 9.41. The van der Waals surface area contributed by atoms with Crippen molar-refractivity contribution in [3.8, 4) is 0 Å². The molecule has 1 N–H and O–H groups in total. The van der Waals surface area contributed by atoms with Crippen molar-refractivity contribution in [1.29, 1.82) is 0 Å². The number of carbonyl (C=O) groups excluding carboxylic acids is 1. The van der Waals surface area contributed by atoms with Crippen LogP contribution in [-0.4, -0.2) is 53.1 Å². The maximum Gasteiger partial charge on any atom is 0.258 e. The molecule has 176 valence electrons. The fourth-order valence-electron chi connectivity index (χ4n) is 4.49. The minimum atomic E-state index is -0.380. The lowest BCUT2D eigenvalue weighted by Gasteiger charge is -2.27. The topological polar surface area (TPSA) is 88.8 Å². The molecule has 0 saturated carbocycles. The van der Waals surface area contributed by atoms with Crippen LogP contribution in [0, 0.1) is 0 Å². The molecule has 0 aliphatic carbocycles. The predicted molar refractivity (Wildman–Crippen MR) is 138 cm³/mol. The lowest BCUT2D eigenvalue weighted by atomic mass is 10.1. The van der Waals surface area contributed by atoms with Crippen molar-refractivity contribution in [2.45, 2.75) is 6.42 Å². The van der Waals surface area contributed by atoms with Crippen molar-refractivity contribution in [2.24, 2.45) is 0 Å². The van der Waals surface area contributed by atoms with Gasteiger partial charge in [0.25, 0.3) is 5.91 Å². The Morgan fingerprint density at radius 2 is 1.89 bits per heavy atom. The third-order valence-corrected chi connectivity index (χ3v) is 7.37. The molecule has 9 heteroatoms. The van der Waals surface area contributed by atoms with Gasteiger partial charge in [-0.15, -0.1) is 11.3 Å². The molecule has 0 bridgehead atoms. The van der Waals surface area contributed by atoms with Crippen LogP contribution in [0.3, 0.4) is 0 Å². The monoisotopic (exact) mass is 485 g/mol. The Labute approximate surface area is 204 Å². The highest BCUT2D eigenvalue weighted by Crippen LogP contribution is 2.31. The number of ether oxygens (including phenoxy) is 1. The van der Waals surface area contributed by atoms with Crippen molar-refractivity contribution in [2.75, 3.05) is 37.7 Å². The van der Waals surface area contributed by atoms with Gasteiger partial charge < -0.3 is 15.0 Å². The number of carbonyl (C=O) groups is 1. The van der Waals surface area contributed by atoms with E-state index in [2.05, 4.69) is 15.2 Å². The Hall–Kier alpha value is -3.82. The highest BCUT2D eigenvalue weighted by Gasteiger charge is 2.23. The number of rotatable bonds is 5. The number of anilines is 1. The van der Waals surface area contributed by atoms with Crippen LogP contribution >= 0.6 is 11.3 Å². The van der Waals surface area contributed by atoms with E-state index in [0.717, 1.165) is 34.8 Å². The number of aromatic nitrogens is 3. The first-order valence-corrected chi connectivity index (χ1v) is 12.4. The van der Waals surface area contributed by atoms with E-state index >= 15 is 0 Å². The Bertz CT molecular complexity index is 1610. The number of pyridine rings is 3. The summed E-state index contributed by atoms with van der Waals surface area (Å²) in [5.41, 5.74) is 2.22. The third-order valence-electron chi connectivity index (χ3n) is 6.23. The zero-order chi connectivity index (χ0) is 23.8. The molecule has 0 unspecified atom stereocenters. The van der Waals surface area contributed by atoms with E-state index in [0.29, 0.717) is 42.0 Å². The highest BCUT2D eigenvalue weighted by molar-refractivity contribution is 7.24. The minimum absolute atomic E-state index is 0.153. The molecule has 1 amide bonds. The van der Waals surface area contributed by atoms with Gasteiger partial charge >= 0.3 is 0 Å². The number of benzene rings is 1. The molecule has 4 aromatic heterocycles. The predicted octanol–water partition coefficient (Wildman–Crippen LogP) is 3.27. The van der Waals surface area contributed by atoms with Crippen LogP contribution in [-0.2, 0) is 11.2 Å². The van der Waals surface area contributed by atoms with Gasteiger partial charge in [0.1, 0.15) is 16.2 Å². The summed E-state index contributed by atoms with van der Waals surface area (Å²) in [4.78, 5) is 38.9. The van der Waals surface area contributed by atoms with Crippen molar-refractivity contribution in [3.05, 3.63) is 82.3 Å². The van der Waals surface area contributed by atoms with Gasteiger partial charge in [0.2, 0.25) is 5.43 Å². The Morgan fingerprint density at radius 1 is 1.06 bits per heavy atom. The SMILES string of the molecule is O=C(NCCc1ccccn1)c1c(=O)c2ccc(N3CCOCC3)nc2n2c1sc1ccccc12. The lowest BCUT2D eigenvalue weighted by Crippen LogP contribution is -2.37. The van der Waals surface area contributed by atoms with E-state index in [9.17, 15) is 9.59 Å². The minimum Gasteiger partial charge on any atom is -0.378 e. The molecular formula is C26H23N5O3S. The molecule has 6 rings (SSSR count). The van der Waals surface area contributed by atoms with Gasteiger partial charge in [-0.25, -0.2) is 4.98 Å². The van der Waals surface area contributed by atoms with Crippen LogP contribution in [0.4, 0.5) is 5.82 Å². The first-order chi connectivity index (χ1) is 17.2. The molecule has 1 saturated heterocycles. The van der Waals surface area contributed by atoms with Crippen molar-refractivity contribution in [3.63, 3.8) is 0 Å². The molecule has 8 nitrogen and oxygen atoms in total. The summed E-state index contributed by atoms with van der Waals surface area (Å²) in [5.74, 6) is 0.422. The van der Waals surface area contributed by atoms with Crippen LogP contribution in [0.25, 0.3) is 26.1 Å². The normalized spacial score (nSPS) is 14.1. The number of amides is 1.